The molecule has 0 aliphatic rings. The second-order valence-electron chi connectivity index (χ2n) is 18.3. The van der Waals surface area contributed by atoms with Gasteiger partial charge in [-0.1, -0.05) is 231 Å². The van der Waals surface area contributed by atoms with Crippen LogP contribution in [0.15, 0.2) is 279 Å². The summed E-state index contributed by atoms with van der Waals surface area (Å²) in [6, 6.07) is 95.7. The van der Waals surface area contributed by atoms with E-state index < -0.39 is 0 Å². The third kappa shape index (κ3) is 8.46. The summed E-state index contributed by atoms with van der Waals surface area (Å²) >= 11 is 0. The summed E-state index contributed by atoms with van der Waals surface area (Å²) in [6.45, 7) is 0. The standard InChI is InChI=1S/C68H46N6/c1-6-17-47(18-7-1)50-33-39-57(40-34-50)73(58-41-35-51(36-42-58)48-19-8-2-9-20-48)59-43-37-52(38-44-59)49-29-31-54(32-30-49)63-45-62-61-28-16-27-60(53-21-10-3-11-22-53)65(61)74(64(62)46-69-63)68-71-66(55-23-12-4-13-24-55)70-67(72-68)56-25-14-5-15-26-56/h1-46H. The number of hydrogen-bond donors (Lipinski definition) is 0. The molecule has 74 heavy (non-hydrogen) atoms. The molecule has 3 heterocycles. The van der Waals surface area contributed by atoms with Crippen LogP contribution in [-0.2, 0) is 0 Å². The van der Waals surface area contributed by atoms with Crippen molar-refractivity contribution in [1.82, 2.24) is 24.5 Å². The first-order valence-corrected chi connectivity index (χ1v) is 24.9. The minimum atomic E-state index is 0.524. The van der Waals surface area contributed by atoms with Crippen LogP contribution < -0.4 is 4.90 Å². The van der Waals surface area contributed by atoms with Crippen LogP contribution in [0.25, 0.3) is 106 Å². The van der Waals surface area contributed by atoms with Crippen molar-refractivity contribution >= 4 is 38.9 Å². The SMILES string of the molecule is c1ccc(-c2ccc(N(c3ccc(-c4ccccc4)cc3)c3ccc(-c4ccc(-c5cc6c7cccc(-c8ccccc8)c7n(-c7nc(-c8ccccc8)nc(-c8ccccc8)n7)c6cn5)cc4)cc3)cc2)cc1. The molecule has 0 amide bonds. The van der Waals surface area contributed by atoms with Gasteiger partial charge in [0.25, 0.3) is 0 Å². The van der Waals surface area contributed by atoms with E-state index in [2.05, 4.69) is 216 Å². The molecule has 0 unspecified atom stereocenters. The third-order valence-corrected chi connectivity index (χ3v) is 13.8. The van der Waals surface area contributed by atoms with Crippen LogP contribution in [0.4, 0.5) is 17.1 Å². The molecule has 0 fully saturated rings. The Morgan fingerprint density at radius 3 is 1.12 bits per heavy atom. The lowest BCUT2D eigenvalue weighted by molar-refractivity contribution is 0.952. The zero-order chi connectivity index (χ0) is 49.2. The Balaban J connectivity index is 0.862. The van der Waals surface area contributed by atoms with Crippen LogP contribution in [0.5, 0.6) is 0 Å². The molecule has 0 atom stereocenters. The third-order valence-electron chi connectivity index (χ3n) is 13.8. The smallest absolute Gasteiger partial charge is 0.238 e. The number of para-hydroxylation sites is 1. The minimum Gasteiger partial charge on any atom is -0.311 e. The van der Waals surface area contributed by atoms with Crippen molar-refractivity contribution in [3.8, 4) is 84.5 Å². The van der Waals surface area contributed by atoms with Crippen LogP contribution >= 0.6 is 0 Å². The lowest BCUT2D eigenvalue weighted by Gasteiger charge is -2.26. The van der Waals surface area contributed by atoms with E-state index in [4.69, 9.17) is 19.9 Å². The monoisotopic (exact) mass is 946 g/mol. The highest BCUT2D eigenvalue weighted by Gasteiger charge is 2.22. The van der Waals surface area contributed by atoms with E-state index >= 15 is 0 Å². The molecule has 3 aromatic heterocycles. The van der Waals surface area contributed by atoms with E-state index in [9.17, 15) is 0 Å². The predicted octanol–water partition coefficient (Wildman–Crippen LogP) is 17.5. The second kappa shape index (κ2) is 19.3. The van der Waals surface area contributed by atoms with Crippen LogP contribution in [0.2, 0.25) is 0 Å². The zero-order valence-corrected chi connectivity index (χ0v) is 40.2. The molecule has 0 bridgehead atoms. The summed E-state index contributed by atoms with van der Waals surface area (Å²) in [4.78, 5) is 22.9. The first-order chi connectivity index (χ1) is 36.7. The largest absolute Gasteiger partial charge is 0.311 e. The first-order valence-electron chi connectivity index (χ1n) is 24.9. The van der Waals surface area contributed by atoms with Gasteiger partial charge in [0.1, 0.15) is 0 Å². The van der Waals surface area contributed by atoms with Crippen molar-refractivity contribution in [2.24, 2.45) is 0 Å². The normalized spacial score (nSPS) is 11.2. The van der Waals surface area contributed by atoms with E-state index in [1.54, 1.807) is 0 Å². The number of pyridine rings is 1. The molecule has 0 aliphatic carbocycles. The van der Waals surface area contributed by atoms with Crippen LogP contribution in [0, 0.1) is 0 Å². The maximum Gasteiger partial charge on any atom is 0.238 e. The molecule has 13 rings (SSSR count). The Labute approximate surface area is 429 Å². The fourth-order valence-electron chi connectivity index (χ4n) is 10.0. The molecule has 0 N–H and O–H groups in total. The summed E-state index contributed by atoms with van der Waals surface area (Å²) in [5.41, 5.74) is 18.0. The summed E-state index contributed by atoms with van der Waals surface area (Å²) in [5.74, 6) is 1.72. The van der Waals surface area contributed by atoms with E-state index in [1.807, 2.05) is 72.9 Å². The van der Waals surface area contributed by atoms with Gasteiger partial charge in [0, 0.05) is 50.1 Å². The molecule has 0 radical (unpaired) electrons. The molecule has 0 saturated heterocycles. The molecule has 0 aliphatic heterocycles. The van der Waals surface area contributed by atoms with Gasteiger partial charge < -0.3 is 4.90 Å². The number of benzene rings is 10. The van der Waals surface area contributed by atoms with Crippen LogP contribution in [-0.4, -0.2) is 24.5 Å². The van der Waals surface area contributed by atoms with Crippen LogP contribution in [0.1, 0.15) is 0 Å². The number of aromatic nitrogens is 5. The quantitative estimate of drug-likeness (QED) is 0.129. The van der Waals surface area contributed by atoms with Gasteiger partial charge in [-0.2, -0.15) is 9.97 Å². The highest BCUT2D eigenvalue weighted by atomic mass is 15.2. The Hall–Kier alpha value is -10.0. The highest BCUT2D eigenvalue weighted by molar-refractivity contribution is 6.14. The molecule has 10 aromatic carbocycles. The molecule has 13 aromatic rings. The van der Waals surface area contributed by atoms with Crippen molar-refractivity contribution in [1.29, 1.82) is 0 Å². The summed E-state index contributed by atoms with van der Waals surface area (Å²) in [5, 5.41) is 2.14. The average molecular weight is 947 g/mol. The van der Waals surface area contributed by atoms with E-state index in [-0.39, 0.29) is 0 Å². The number of rotatable bonds is 11. The van der Waals surface area contributed by atoms with Crippen molar-refractivity contribution in [2.75, 3.05) is 4.90 Å². The maximum absolute atomic E-state index is 5.21. The van der Waals surface area contributed by atoms with Crippen molar-refractivity contribution in [3.05, 3.63) is 279 Å². The molecule has 0 spiro atoms. The van der Waals surface area contributed by atoms with Gasteiger partial charge >= 0.3 is 0 Å². The van der Waals surface area contributed by atoms with E-state index in [1.165, 1.54) is 22.3 Å². The Morgan fingerprint density at radius 2 is 0.676 bits per heavy atom. The molecule has 348 valence electrons. The minimum absolute atomic E-state index is 0.524. The molecule has 6 heteroatoms. The number of fused-ring (bicyclic) bond motifs is 3. The Kier molecular flexibility index (Phi) is 11.4. The number of hydrogen-bond acceptors (Lipinski definition) is 5. The molecular formula is C68H46N6. The predicted molar refractivity (Wildman–Crippen MR) is 305 cm³/mol. The van der Waals surface area contributed by atoms with E-state index in [0.29, 0.717) is 17.6 Å². The summed E-state index contributed by atoms with van der Waals surface area (Å²) < 4.78 is 2.16. The van der Waals surface area contributed by atoms with Crippen LogP contribution in [0.3, 0.4) is 0 Å². The Bertz CT molecular complexity index is 3910. The lowest BCUT2D eigenvalue weighted by Crippen LogP contribution is -2.09. The summed E-state index contributed by atoms with van der Waals surface area (Å²) in [7, 11) is 0. The number of anilines is 3. The van der Waals surface area contributed by atoms with Crippen molar-refractivity contribution in [3.63, 3.8) is 0 Å². The van der Waals surface area contributed by atoms with Crippen molar-refractivity contribution < 1.29 is 0 Å². The van der Waals surface area contributed by atoms with Crippen molar-refractivity contribution in [2.45, 2.75) is 0 Å². The van der Waals surface area contributed by atoms with Gasteiger partial charge in [0.05, 0.1) is 22.9 Å². The topological polar surface area (TPSA) is 59.7 Å². The average Bonchev–Trinajstić information content (AvgIpc) is 3.83. The maximum atomic E-state index is 5.21. The van der Waals surface area contributed by atoms with E-state index in [0.717, 1.165) is 83.5 Å². The highest BCUT2D eigenvalue weighted by Crippen LogP contribution is 2.41. The second-order valence-corrected chi connectivity index (χ2v) is 18.3. The van der Waals surface area contributed by atoms with Gasteiger partial charge in [-0.15, -0.1) is 0 Å². The first kappa shape index (κ1) is 43.9. The summed E-state index contributed by atoms with van der Waals surface area (Å²) in [6.07, 6.45) is 1.97. The molecular weight excluding hydrogens is 901 g/mol. The van der Waals surface area contributed by atoms with Gasteiger partial charge in [-0.05, 0) is 81.4 Å². The van der Waals surface area contributed by atoms with Gasteiger partial charge in [-0.25, -0.2) is 4.98 Å². The lowest BCUT2D eigenvalue weighted by atomic mass is 10.0. The molecule has 6 nitrogen and oxygen atoms in total. The zero-order valence-electron chi connectivity index (χ0n) is 40.2. The number of nitrogens with zero attached hydrogens (tertiary/aromatic N) is 6. The van der Waals surface area contributed by atoms with Gasteiger partial charge in [0.15, 0.2) is 11.6 Å². The Morgan fingerprint density at radius 1 is 0.297 bits per heavy atom. The van der Waals surface area contributed by atoms with Gasteiger partial charge in [-0.3, -0.25) is 9.55 Å². The molecule has 0 saturated carbocycles. The van der Waals surface area contributed by atoms with Gasteiger partial charge in [0.2, 0.25) is 5.95 Å². The fraction of sp³-hybridized carbons (Fsp3) is 0. The fourth-order valence-corrected chi connectivity index (χ4v) is 10.0.